The number of nitrogens with zero attached hydrogens (tertiary/aromatic N) is 2. The zero-order valence-corrected chi connectivity index (χ0v) is 14.9. The van der Waals surface area contributed by atoms with Crippen molar-refractivity contribution >= 4 is 11.8 Å². The van der Waals surface area contributed by atoms with Crippen LogP contribution in [0.15, 0.2) is 48.5 Å². The van der Waals surface area contributed by atoms with Crippen LogP contribution in [0.2, 0.25) is 0 Å². The van der Waals surface area contributed by atoms with Gasteiger partial charge in [0.2, 0.25) is 5.91 Å². The van der Waals surface area contributed by atoms with E-state index in [0.29, 0.717) is 25.1 Å². The molecule has 0 radical (unpaired) electrons. The van der Waals surface area contributed by atoms with Crippen molar-refractivity contribution < 1.29 is 9.59 Å². The van der Waals surface area contributed by atoms with Gasteiger partial charge in [0, 0.05) is 38.7 Å². The van der Waals surface area contributed by atoms with Gasteiger partial charge in [-0.3, -0.25) is 9.59 Å². The van der Waals surface area contributed by atoms with Crippen LogP contribution in [0.5, 0.6) is 0 Å². The number of rotatable bonds is 5. The van der Waals surface area contributed by atoms with Crippen molar-refractivity contribution in [3.05, 3.63) is 70.8 Å². The van der Waals surface area contributed by atoms with Gasteiger partial charge in [0.15, 0.2) is 0 Å². The fraction of sp³-hybridized carbons (Fsp3) is 0.333. The zero-order chi connectivity index (χ0) is 17.8. The van der Waals surface area contributed by atoms with E-state index in [1.165, 1.54) is 5.56 Å². The summed E-state index contributed by atoms with van der Waals surface area (Å²) in [6.07, 6.45) is 1.56. The molecule has 4 nitrogen and oxygen atoms in total. The number of benzene rings is 2. The number of likely N-dealkylation sites (tertiary alicyclic amines) is 1. The Hall–Kier alpha value is -2.62. The molecule has 0 aliphatic carbocycles. The smallest absolute Gasteiger partial charge is 0.253 e. The van der Waals surface area contributed by atoms with E-state index in [1.54, 1.807) is 4.90 Å². The molecule has 0 spiro atoms. The predicted octanol–water partition coefficient (Wildman–Crippen LogP) is 3.39. The van der Waals surface area contributed by atoms with Gasteiger partial charge in [-0.2, -0.15) is 0 Å². The van der Waals surface area contributed by atoms with E-state index in [4.69, 9.17) is 0 Å². The van der Waals surface area contributed by atoms with Crippen LogP contribution in [-0.4, -0.2) is 35.2 Å². The molecule has 0 atom stereocenters. The SMILES string of the molecule is Cc1ccccc1CN(C)C(=O)c1cccc(CN2CCCC2=O)c1. The lowest BCUT2D eigenvalue weighted by molar-refractivity contribution is -0.128. The molecule has 0 bridgehead atoms. The van der Waals surface area contributed by atoms with E-state index in [-0.39, 0.29) is 11.8 Å². The third-order valence-corrected chi connectivity index (χ3v) is 4.73. The molecule has 0 aromatic heterocycles. The van der Waals surface area contributed by atoms with Crippen molar-refractivity contribution in [2.75, 3.05) is 13.6 Å². The van der Waals surface area contributed by atoms with Crippen LogP contribution in [0, 0.1) is 6.92 Å². The number of carbonyl (C=O) groups excluding carboxylic acids is 2. The highest BCUT2D eigenvalue weighted by atomic mass is 16.2. The zero-order valence-electron chi connectivity index (χ0n) is 14.9. The van der Waals surface area contributed by atoms with Crippen molar-refractivity contribution in [2.24, 2.45) is 0 Å². The quantitative estimate of drug-likeness (QED) is 0.840. The maximum Gasteiger partial charge on any atom is 0.253 e. The normalized spacial score (nSPS) is 14.0. The highest BCUT2D eigenvalue weighted by Gasteiger charge is 2.20. The van der Waals surface area contributed by atoms with Gasteiger partial charge in [-0.15, -0.1) is 0 Å². The average molecular weight is 336 g/mol. The summed E-state index contributed by atoms with van der Waals surface area (Å²) < 4.78 is 0. The molecular formula is C21H24N2O2. The largest absolute Gasteiger partial charge is 0.338 e. The summed E-state index contributed by atoms with van der Waals surface area (Å²) in [6.45, 7) is 4.04. The maximum absolute atomic E-state index is 12.8. The minimum absolute atomic E-state index is 0.00199. The van der Waals surface area contributed by atoms with Crippen LogP contribution < -0.4 is 0 Å². The number of hydrogen-bond acceptors (Lipinski definition) is 2. The van der Waals surface area contributed by atoms with Crippen LogP contribution in [0.25, 0.3) is 0 Å². The second kappa shape index (κ2) is 7.51. The van der Waals surface area contributed by atoms with Gasteiger partial charge >= 0.3 is 0 Å². The van der Waals surface area contributed by atoms with Gasteiger partial charge in [0.25, 0.3) is 5.91 Å². The first-order valence-corrected chi connectivity index (χ1v) is 8.71. The van der Waals surface area contributed by atoms with Gasteiger partial charge in [-0.25, -0.2) is 0 Å². The Morgan fingerprint density at radius 3 is 2.68 bits per heavy atom. The molecule has 1 saturated heterocycles. The number of amides is 2. The van der Waals surface area contributed by atoms with Crippen molar-refractivity contribution in [3.63, 3.8) is 0 Å². The third-order valence-electron chi connectivity index (χ3n) is 4.73. The first kappa shape index (κ1) is 17.2. The second-order valence-corrected chi connectivity index (χ2v) is 6.71. The summed E-state index contributed by atoms with van der Waals surface area (Å²) in [5.41, 5.74) is 4.01. The average Bonchev–Trinajstić information content (AvgIpc) is 3.01. The van der Waals surface area contributed by atoms with Gasteiger partial charge in [-0.05, 0) is 42.2 Å². The maximum atomic E-state index is 12.8. The van der Waals surface area contributed by atoms with Crippen LogP contribution in [0.1, 0.15) is 39.9 Å². The van der Waals surface area contributed by atoms with Gasteiger partial charge in [0.05, 0.1) is 0 Å². The van der Waals surface area contributed by atoms with Crippen molar-refractivity contribution in [3.8, 4) is 0 Å². The lowest BCUT2D eigenvalue weighted by atomic mass is 10.1. The molecule has 2 amide bonds. The molecule has 3 rings (SSSR count). The fourth-order valence-electron chi connectivity index (χ4n) is 3.23. The molecule has 1 aliphatic rings. The highest BCUT2D eigenvalue weighted by Crippen LogP contribution is 2.17. The summed E-state index contributed by atoms with van der Waals surface area (Å²) in [5.74, 6) is 0.200. The lowest BCUT2D eigenvalue weighted by Crippen LogP contribution is -2.27. The van der Waals surface area contributed by atoms with Crippen LogP contribution in [0.4, 0.5) is 0 Å². The summed E-state index contributed by atoms with van der Waals surface area (Å²) >= 11 is 0. The number of carbonyl (C=O) groups is 2. The summed E-state index contributed by atoms with van der Waals surface area (Å²) in [6, 6.07) is 15.7. The van der Waals surface area contributed by atoms with Gasteiger partial charge in [-0.1, -0.05) is 36.4 Å². The predicted molar refractivity (Wildman–Crippen MR) is 98.1 cm³/mol. The van der Waals surface area contributed by atoms with Crippen molar-refractivity contribution in [1.82, 2.24) is 9.80 Å². The molecule has 25 heavy (non-hydrogen) atoms. The number of aryl methyl sites for hydroxylation is 1. The first-order valence-electron chi connectivity index (χ1n) is 8.71. The van der Waals surface area contributed by atoms with Crippen LogP contribution >= 0.6 is 0 Å². The Balaban J connectivity index is 1.70. The Morgan fingerprint density at radius 2 is 1.96 bits per heavy atom. The van der Waals surface area contributed by atoms with E-state index in [9.17, 15) is 9.59 Å². The molecule has 130 valence electrons. The Labute approximate surface area is 149 Å². The molecule has 2 aromatic carbocycles. The minimum atomic E-state index is -0.00199. The van der Waals surface area contributed by atoms with Crippen LogP contribution in [0.3, 0.4) is 0 Å². The molecule has 1 fully saturated rings. The summed E-state index contributed by atoms with van der Waals surface area (Å²) in [4.78, 5) is 28.2. The molecule has 0 N–H and O–H groups in total. The summed E-state index contributed by atoms with van der Waals surface area (Å²) in [5, 5.41) is 0. The molecule has 1 aliphatic heterocycles. The van der Waals surface area contributed by atoms with E-state index >= 15 is 0 Å². The van der Waals surface area contributed by atoms with Crippen molar-refractivity contribution in [2.45, 2.75) is 32.9 Å². The monoisotopic (exact) mass is 336 g/mol. The van der Waals surface area contributed by atoms with Gasteiger partial charge in [0.1, 0.15) is 0 Å². The fourth-order valence-corrected chi connectivity index (χ4v) is 3.23. The first-order chi connectivity index (χ1) is 12.0. The van der Waals surface area contributed by atoms with E-state index < -0.39 is 0 Å². The molecule has 0 saturated carbocycles. The molecule has 2 aromatic rings. The minimum Gasteiger partial charge on any atom is -0.338 e. The topological polar surface area (TPSA) is 40.6 Å². The third kappa shape index (κ3) is 4.08. The Bertz CT molecular complexity index is 785. The number of hydrogen-bond donors (Lipinski definition) is 0. The standard InChI is InChI=1S/C21H24N2O2/c1-16-7-3-4-9-19(16)15-22(2)21(25)18-10-5-8-17(13-18)14-23-12-6-11-20(23)24/h3-5,7-10,13H,6,11-12,14-15H2,1-2H3. The highest BCUT2D eigenvalue weighted by molar-refractivity contribution is 5.94. The molecule has 0 unspecified atom stereocenters. The summed E-state index contributed by atoms with van der Waals surface area (Å²) in [7, 11) is 1.82. The lowest BCUT2D eigenvalue weighted by Gasteiger charge is -2.20. The van der Waals surface area contributed by atoms with E-state index in [0.717, 1.165) is 24.1 Å². The molecular weight excluding hydrogens is 312 g/mol. The van der Waals surface area contributed by atoms with E-state index in [1.807, 2.05) is 48.3 Å². The van der Waals surface area contributed by atoms with Gasteiger partial charge < -0.3 is 9.80 Å². The molecule has 4 heteroatoms. The van der Waals surface area contributed by atoms with Crippen LogP contribution in [-0.2, 0) is 17.9 Å². The molecule has 1 heterocycles. The van der Waals surface area contributed by atoms with E-state index in [2.05, 4.69) is 19.1 Å². The second-order valence-electron chi connectivity index (χ2n) is 6.71. The van der Waals surface area contributed by atoms with Crippen molar-refractivity contribution in [1.29, 1.82) is 0 Å². The Morgan fingerprint density at radius 1 is 1.16 bits per heavy atom. The Kier molecular flexibility index (Phi) is 5.17.